The maximum Gasteiger partial charge on any atom is 0.240 e. The van der Waals surface area contributed by atoms with E-state index in [0.717, 1.165) is 22.5 Å². The number of carbonyl (C=O) groups is 2. The Morgan fingerprint density at radius 1 is 1.15 bits per heavy atom. The molecule has 2 aromatic carbocycles. The maximum absolute atomic E-state index is 12.3. The lowest BCUT2D eigenvalue weighted by molar-refractivity contribution is -0.122. The van der Waals surface area contributed by atoms with Crippen LogP contribution in [0.3, 0.4) is 0 Å². The molecule has 27 heavy (non-hydrogen) atoms. The molecular formula is C20H20N4O2S. The summed E-state index contributed by atoms with van der Waals surface area (Å²) in [7, 11) is 0. The average Bonchev–Trinajstić information content (AvgIpc) is 3.01. The standard InChI is InChI=1S/C20H20N4O2S/c1-13-8-6-7-11-16(13)21-18(25)12-17-19(26)22-20(27-17)24-23-14(2)15-9-4-3-5-10-15/h3-11,17H,12H2,1-2H3,(H,21,25)(H,22,24,26)/b23-14+/t17-/m0/s1. The molecule has 1 aliphatic heterocycles. The molecule has 0 saturated carbocycles. The monoisotopic (exact) mass is 380 g/mol. The molecule has 1 fully saturated rings. The fourth-order valence-corrected chi connectivity index (χ4v) is 3.44. The number of nitrogens with one attached hydrogen (secondary N) is 2. The predicted octanol–water partition coefficient (Wildman–Crippen LogP) is 3.34. The topological polar surface area (TPSA) is 82.9 Å². The van der Waals surface area contributed by atoms with Gasteiger partial charge < -0.3 is 10.6 Å². The molecule has 6 nitrogen and oxygen atoms in total. The first-order valence-corrected chi connectivity index (χ1v) is 9.41. The third-order valence-corrected chi connectivity index (χ3v) is 5.12. The van der Waals surface area contributed by atoms with Crippen molar-refractivity contribution in [1.82, 2.24) is 5.32 Å². The largest absolute Gasteiger partial charge is 0.326 e. The van der Waals surface area contributed by atoms with Crippen molar-refractivity contribution in [3.63, 3.8) is 0 Å². The van der Waals surface area contributed by atoms with Gasteiger partial charge in [-0.05, 0) is 31.0 Å². The predicted molar refractivity (Wildman–Crippen MR) is 110 cm³/mol. The van der Waals surface area contributed by atoms with Crippen molar-refractivity contribution in [1.29, 1.82) is 0 Å². The Balaban J connectivity index is 1.60. The van der Waals surface area contributed by atoms with Gasteiger partial charge in [-0.25, -0.2) is 0 Å². The van der Waals surface area contributed by atoms with E-state index in [2.05, 4.69) is 20.8 Å². The van der Waals surface area contributed by atoms with Gasteiger partial charge in [-0.3, -0.25) is 9.59 Å². The van der Waals surface area contributed by atoms with Crippen LogP contribution in [0.5, 0.6) is 0 Å². The number of benzene rings is 2. The van der Waals surface area contributed by atoms with Gasteiger partial charge in [0.1, 0.15) is 5.25 Å². The molecule has 0 unspecified atom stereocenters. The molecule has 1 atom stereocenters. The van der Waals surface area contributed by atoms with E-state index < -0.39 is 5.25 Å². The van der Waals surface area contributed by atoms with Gasteiger partial charge in [0.15, 0.2) is 5.17 Å². The highest BCUT2D eigenvalue weighted by molar-refractivity contribution is 8.15. The molecule has 1 heterocycles. The molecule has 138 valence electrons. The van der Waals surface area contributed by atoms with Gasteiger partial charge in [0.2, 0.25) is 11.8 Å². The summed E-state index contributed by atoms with van der Waals surface area (Å²) in [6.45, 7) is 3.78. The third kappa shape index (κ3) is 5.04. The molecule has 0 aliphatic carbocycles. The normalized spacial score (nSPS) is 18.4. The lowest BCUT2D eigenvalue weighted by Crippen LogP contribution is -2.28. The maximum atomic E-state index is 12.3. The first-order valence-electron chi connectivity index (χ1n) is 8.53. The number of nitrogens with zero attached hydrogens (tertiary/aromatic N) is 2. The summed E-state index contributed by atoms with van der Waals surface area (Å²) in [6, 6.07) is 17.2. The van der Waals surface area contributed by atoms with Crippen LogP contribution in [0.4, 0.5) is 5.69 Å². The van der Waals surface area contributed by atoms with Gasteiger partial charge in [-0.15, -0.1) is 5.10 Å². The minimum atomic E-state index is -0.514. The minimum absolute atomic E-state index is 0.0746. The Morgan fingerprint density at radius 2 is 1.85 bits per heavy atom. The molecule has 0 aromatic heterocycles. The highest BCUT2D eigenvalue weighted by atomic mass is 32.2. The molecule has 2 N–H and O–H groups in total. The zero-order valence-electron chi connectivity index (χ0n) is 15.1. The zero-order valence-corrected chi connectivity index (χ0v) is 15.9. The smallest absolute Gasteiger partial charge is 0.240 e. The summed E-state index contributed by atoms with van der Waals surface area (Å²) >= 11 is 1.22. The second-order valence-electron chi connectivity index (χ2n) is 6.12. The lowest BCUT2D eigenvalue weighted by atomic mass is 10.1. The number of thioether (sulfide) groups is 1. The van der Waals surface area contributed by atoms with Crippen LogP contribution < -0.4 is 10.6 Å². The van der Waals surface area contributed by atoms with Crippen LogP contribution >= 0.6 is 11.8 Å². The Bertz CT molecular complexity index is 909. The summed E-state index contributed by atoms with van der Waals surface area (Å²) in [4.78, 5) is 24.4. The number of amides is 2. The van der Waals surface area contributed by atoms with E-state index in [9.17, 15) is 9.59 Å². The van der Waals surface area contributed by atoms with E-state index in [-0.39, 0.29) is 18.2 Å². The van der Waals surface area contributed by atoms with Crippen molar-refractivity contribution in [3.8, 4) is 0 Å². The summed E-state index contributed by atoms with van der Waals surface area (Å²) in [5.41, 5.74) is 3.44. The Morgan fingerprint density at radius 3 is 2.59 bits per heavy atom. The second-order valence-corrected chi connectivity index (χ2v) is 7.31. The zero-order chi connectivity index (χ0) is 19.2. The van der Waals surface area contributed by atoms with Gasteiger partial charge in [0.25, 0.3) is 0 Å². The van der Waals surface area contributed by atoms with Crippen LogP contribution in [0.2, 0.25) is 0 Å². The number of rotatable bonds is 5. The number of carbonyl (C=O) groups excluding carboxylic acids is 2. The SMILES string of the molecule is C/C(=N\N=C1/NC(=O)[C@H](CC(=O)Nc2ccccc2C)S1)c1ccccc1. The van der Waals surface area contributed by atoms with Crippen LogP contribution in [0.1, 0.15) is 24.5 Å². The van der Waals surface area contributed by atoms with Crippen molar-refractivity contribution < 1.29 is 9.59 Å². The summed E-state index contributed by atoms with van der Waals surface area (Å²) < 4.78 is 0. The first-order chi connectivity index (χ1) is 13.0. The molecule has 2 aromatic rings. The number of hydrogen-bond donors (Lipinski definition) is 2. The van der Waals surface area contributed by atoms with E-state index >= 15 is 0 Å². The van der Waals surface area contributed by atoms with Gasteiger partial charge >= 0.3 is 0 Å². The number of hydrogen-bond acceptors (Lipinski definition) is 5. The van der Waals surface area contributed by atoms with Crippen LogP contribution in [0, 0.1) is 6.92 Å². The second kappa shape index (κ2) is 8.64. The van der Waals surface area contributed by atoms with E-state index in [0.29, 0.717) is 5.17 Å². The first kappa shape index (κ1) is 18.8. The third-order valence-electron chi connectivity index (χ3n) is 4.05. The molecular weight excluding hydrogens is 360 g/mol. The van der Waals surface area contributed by atoms with E-state index in [1.54, 1.807) is 0 Å². The quantitative estimate of drug-likeness (QED) is 0.616. The Labute approximate surface area is 162 Å². The summed E-state index contributed by atoms with van der Waals surface area (Å²) in [6.07, 6.45) is 0.0746. The van der Waals surface area contributed by atoms with E-state index in [4.69, 9.17) is 0 Å². The average molecular weight is 380 g/mol. The Kier molecular flexibility index (Phi) is 6.03. The number of para-hydroxylation sites is 1. The van der Waals surface area contributed by atoms with Crippen molar-refractivity contribution in [2.45, 2.75) is 25.5 Å². The highest BCUT2D eigenvalue weighted by Gasteiger charge is 2.32. The summed E-state index contributed by atoms with van der Waals surface area (Å²) in [5.74, 6) is -0.437. The van der Waals surface area contributed by atoms with Crippen LogP contribution in [-0.4, -0.2) is 27.9 Å². The van der Waals surface area contributed by atoms with Gasteiger partial charge in [-0.2, -0.15) is 5.10 Å². The minimum Gasteiger partial charge on any atom is -0.326 e. The summed E-state index contributed by atoms with van der Waals surface area (Å²) in [5, 5.41) is 13.7. The number of amidine groups is 1. The fraction of sp³-hybridized carbons (Fsp3) is 0.200. The van der Waals surface area contributed by atoms with E-state index in [1.165, 1.54) is 11.8 Å². The van der Waals surface area contributed by atoms with Crippen LogP contribution in [0.25, 0.3) is 0 Å². The fourth-order valence-electron chi connectivity index (χ4n) is 2.53. The highest BCUT2D eigenvalue weighted by Crippen LogP contribution is 2.23. The van der Waals surface area contributed by atoms with Crippen LogP contribution in [-0.2, 0) is 9.59 Å². The molecule has 1 saturated heterocycles. The van der Waals surface area contributed by atoms with Crippen molar-refractivity contribution >= 4 is 40.1 Å². The van der Waals surface area contributed by atoms with Crippen molar-refractivity contribution in [2.75, 3.05) is 5.32 Å². The molecule has 0 bridgehead atoms. The lowest BCUT2D eigenvalue weighted by Gasteiger charge is -2.09. The van der Waals surface area contributed by atoms with Crippen LogP contribution in [0.15, 0.2) is 64.8 Å². The Hall–Kier alpha value is -2.93. The molecule has 0 radical (unpaired) electrons. The molecule has 1 aliphatic rings. The van der Waals surface area contributed by atoms with Crippen molar-refractivity contribution in [2.24, 2.45) is 10.2 Å². The molecule has 0 spiro atoms. The van der Waals surface area contributed by atoms with Gasteiger partial charge in [0, 0.05) is 12.1 Å². The molecule has 7 heteroatoms. The molecule has 3 rings (SSSR count). The number of anilines is 1. The van der Waals surface area contributed by atoms with Gasteiger partial charge in [0.05, 0.1) is 5.71 Å². The van der Waals surface area contributed by atoms with Crippen molar-refractivity contribution in [3.05, 3.63) is 65.7 Å². The van der Waals surface area contributed by atoms with E-state index in [1.807, 2.05) is 68.4 Å². The number of aryl methyl sites for hydroxylation is 1. The molecule has 2 amide bonds. The van der Waals surface area contributed by atoms with Gasteiger partial charge in [-0.1, -0.05) is 60.3 Å².